The van der Waals surface area contributed by atoms with Crippen LogP contribution >= 0.6 is 11.7 Å². The lowest BCUT2D eigenvalue weighted by Crippen LogP contribution is -2.37. The Morgan fingerprint density at radius 3 is 2.90 bits per heavy atom. The van der Waals surface area contributed by atoms with Crippen LogP contribution in [0.3, 0.4) is 0 Å². The Morgan fingerprint density at radius 2 is 2.19 bits per heavy atom. The molecule has 2 rings (SSSR count). The van der Waals surface area contributed by atoms with Gasteiger partial charge in [-0.3, -0.25) is 0 Å². The highest BCUT2D eigenvalue weighted by atomic mass is 32.1. The second-order valence-corrected chi connectivity index (χ2v) is 6.22. The van der Waals surface area contributed by atoms with Crippen molar-refractivity contribution >= 4 is 33.0 Å². The summed E-state index contributed by atoms with van der Waals surface area (Å²) in [6.45, 7) is 4.05. The van der Waals surface area contributed by atoms with E-state index in [4.69, 9.17) is 20.4 Å². The number of unbranched alkanes of at least 4 members (excludes halogenated alkanes) is 2. The van der Waals surface area contributed by atoms with Gasteiger partial charge in [0, 0.05) is 18.5 Å². The fraction of sp³-hybridized carbons (Fsp3) is 0.714. The van der Waals surface area contributed by atoms with Gasteiger partial charge in [-0.1, -0.05) is 32.3 Å². The van der Waals surface area contributed by atoms with Gasteiger partial charge in [0.1, 0.15) is 21.4 Å². The first-order valence-corrected chi connectivity index (χ1v) is 8.22. The third-order valence-electron chi connectivity index (χ3n) is 3.56. The molecule has 0 amide bonds. The molecule has 110 valence electrons. The van der Waals surface area contributed by atoms with Gasteiger partial charge in [0.05, 0.1) is 11.7 Å². The minimum Gasteiger partial charge on any atom is -0.489 e. The van der Waals surface area contributed by atoms with Crippen molar-refractivity contribution in [3.05, 3.63) is 11.8 Å². The summed E-state index contributed by atoms with van der Waals surface area (Å²) in [5, 5.41) is -1.18. The molecule has 1 aromatic rings. The van der Waals surface area contributed by atoms with Crippen molar-refractivity contribution in [3.8, 4) is 5.88 Å². The highest BCUT2D eigenvalue weighted by molar-refractivity contribution is 6.99. The van der Waals surface area contributed by atoms with Crippen molar-refractivity contribution in [3.63, 3.8) is 0 Å². The van der Waals surface area contributed by atoms with Gasteiger partial charge in [0.15, 0.2) is 0 Å². The van der Waals surface area contributed by atoms with E-state index >= 15 is 0 Å². The minimum absolute atomic E-state index is 0.461. The maximum atomic E-state index is 6.04. The fourth-order valence-electron chi connectivity index (χ4n) is 2.39. The molecule has 0 N–H and O–H groups in total. The molecule has 0 aromatic carbocycles. The minimum atomic E-state index is -1.18. The van der Waals surface area contributed by atoms with Gasteiger partial charge < -0.3 is 9.64 Å². The summed E-state index contributed by atoms with van der Waals surface area (Å²) in [5.41, 5.74) is 1.92. The molecule has 1 aromatic heterocycles. The van der Waals surface area contributed by atoms with Crippen LogP contribution in [0.5, 0.6) is 5.88 Å². The van der Waals surface area contributed by atoms with Crippen molar-refractivity contribution in [2.24, 2.45) is 0 Å². The Bertz CT molecular complexity index is 490. The van der Waals surface area contributed by atoms with Gasteiger partial charge in [0.2, 0.25) is 0 Å². The second kappa shape index (κ2) is 7.45. The largest absolute Gasteiger partial charge is 0.489 e. The highest BCUT2D eigenvalue weighted by Gasteiger charge is 2.24. The van der Waals surface area contributed by atoms with Gasteiger partial charge in [-0.05, 0) is 25.5 Å². The van der Waals surface area contributed by atoms with Crippen LogP contribution in [0.1, 0.15) is 44.7 Å². The smallest absolute Gasteiger partial charge is 0.252 e. The van der Waals surface area contributed by atoms with Crippen molar-refractivity contribution in [2.45, 2.75) is 44.4 Å². The molecule has 0 saturated heterocycles. The van der Waals surface area contributed by atoms with E-state index in [1.807, 2.05) is 0 Å². The zero-order valence-electron chi connectivity index (χ0n) is 12.8. The van der Waals surface area contributed by atoms with Crippen LogP contribution in [0.15, 0.2) is 6.08 Å². The molecule has 21 heavy (non-hydrogen) atoms. The summed E-state index contributed by atoms with van der Waals surface area (Å²) in [5.74, 6) is 0.461. The van der Waals surface area contributed by atoms with Crippen LogP contribution < -0.4 is 4.74 Å². The highest BCUT2D eigenvalue weighted by Crippen LogP contribution is 2.29. The van der Waals surface area contributed by atoms with Crippen molar-refractivity contribution < 1.29 is 4.74 Å². The Morgan fingerprint density at radius 1 is 1.38 bits per heavy atom. The monoisotopic (exact) mass is 301 g/mol. The standard InChI is InChI=1S/C14H21B2N3OS/c1-3-4-5-8-14(15,16)20-13-12(17-21-18-13)11-7-6-9-19(2)10-11/h7H,3-6,8-10H2,1-2H3. The molecule has 0 bridgehead atoms. The molecular formula is C14H21B2N3OS. The zero-order valence-corrected chi connectivity index (χ0v) is 13.7. The normalized spacial score (nSPS) is 16.8. The average molecular weight is 301 g/mol. The van der Waals surface area contributed by atoms with Gasteiger partial charge in [-0.25, -0.2) is 0 Å². The SMILES string of the molecule is [B]C([B])(CCCCC)Oc1nsnc1C1=CCCN(C)C1. The number of rotatable bonds is 7. The number of likely N-dealkylation sites (N-methyl/N-ethyl adjacent to an activating group) is 1. The lowest BCUT2D eigenvalue weighted by Gasteiger charge is -2.28. The van der Waals surface area contributed by atoms with Crippen molar-refractivity contribution in [1.82, 2.24) is 13.6 Å². The van der Waals surface area contributed by atoms with E-state index in [0.717, 1.165) is 61.8 Å². The van der Waals surface area contributed by atoms with Crippen LogP contribution in [0.25, 0.3) is 5.57 Å². The van der Waals surface area contributed by atoms with E-state index in [0.29, 0.717) is 12.3 Å². The molecule has 0 fully saturated rings. The van der Waals surface area contributed by atoms with Crippen LogP contribution in [0.2, 0.25) is 0 Å². The predicted molar refractivity (Wildman–Crippen MR) is 89.0 cm³/mol. The third-order valence-corrected chi connectivity index (χ3v) is 4.07. The van der Waals surface area contributed by atoms with Gasteiger partial charge >= 0.3 is 0 Å². The van der Waals surface area contributed by atoms with Crippen LogP contribution in [-0.4, -0.2) is 54.9 Å². The summed E-state index contributed by atoms with van der Waals surface area (Å²) < 4.78 is 14.3. The van der Waals surface area contributed by atoms with Crippen molar-refractivity contribution in [1.29, 1.82) is 0 Å². The molecule has 4 radical (unpaired) electrons. The van der Waals surface area contributed by atoms with E-state index < -0.39 is 5.40 Å². The fourth-order valence-corrected chi connectivity index (χ4v) is 2.91. The molecule has 7 heteroatoms. The molecule has 2 heterocycles. The average Bonchev–Trinajstić information content (AvgIpc) is 2.86. The Labute approximate surface area is 134 Å². The quantitative estimate of drug-likeness (QED) is 0.572. The van der Waals surface area contributed by atoms with E-state index in [1.165, 1.54) is 0 Å². The first kappa shape index (κ1) is 16.6. The summed E-state index contributed by atoms with van der Waals surface area (Å²) in [6.07, 6.45) is 6.97. The molecule has 1 aliphatic rings. The summed E-state index contributed by atoms with van der Waals surface area (Å²) in [4.78, 5) is 2.25. The summed E-state index contributed by atoms with van der Waals surface area (Å²) in [6, 6.07) is 0. The van der Waals surface area contributed by atoms with E-state index in [-0.39, 0.29) is 0 Å². The number of aromatic nitrogens is 2. The topological polar surface area (TPSA) is 38.3 Å². The van der Waals surface area contributed by atoms with E-state index in [1.54, 1.807) is 0 Å². The second-order valence-electron chi connectivity index (χ2n) is 5.69. The Hall–Kier alpha value is -0.810. The molecule has 0 unspecified atom stereocenters. The van der Waals surface area contributed by atoms with Gasteiger partial charge in [-0.15, -0.1) is 4.37 Å². The summed E-state index contributed by atoms with van der Waals surface area (Å²) in [7, 11) is 14.2. The lowest BCUT2D eigenvalue weighted by atomic mass is 9.62. The Kier molecular flexibility index (Phi) is 5.88. The van der Waals surface area contributed by atoms with Crippen LogP contribution in [0, 0.1) is 0 Å². The molecule has 0 saturated carbocycles. The van der Waals surface area contributed by atoms with Gasteiger partial charge in [-0.2, -0.15) is 4.37 Å². The number of hydrogen-bond acceptors (Lipinski definition) is 5. The number of ether oxygens (including phenoxy) is 1. The molecule has 1 aliphatic heterocycles. The molecule has 0 aliphatic carbocycles. The molecule has 4 nitrogen and oxygen atoms in total. The zero-order chi connectivity index (χ0) is 15.3. The van der Waals surface area contributed by atoms with E-state index in [9.17, 15) is 0 Å². The summed E-state index contributed by atoms with van der Waals surface area (Å²) >= 11 is 1.13. The van der Waals surface area contributed by atoms with Crippen molar-refractivity contribution in [2.75, 3.05) is 20.1 Å². The molecule has 0 spiro atoms. The lowest BCUT2D eigenvalue weighted by molar-refractivity contribution is 0.216. The maximum absolute atomic E-state index is 6.04. The number of hydrogen-bond donors (Lipinski definition) is 0. The van der Waals surface area contributed by atoms with Crippen LogP contribution in [-0.2, 0) is 0 Å². The van der Waals surface area contributed by atoms with E-state index in [2.05, 4.69) is 33.7 Å². The predicted octanol–water partition coefficient (Wildman–Crippen LogP) is 2.21. The Balaban J connectivity index is 2.04. The number of nitrogens with zero attached hydrogens (tertiary/aromatic N) is 3. The van der Waals surface area contributed by atoms with Gasteiger partial charge in [0.25, 0.3) is 5.88 Å². The molecular weight excluding hydrogens is 280 g/mol. The first-order valence-electron chi connectivity index (χ1n) is 7.49. The maximum Gasteiger partial charge on any atom is 0.252 e. The van der Waals surface area contributed by atoms with Crippen LogP contribution in [0.4, 0.5) is 0 Å². The third kappa shape index (κ3) is 4.85. The first-order chi connectivity index (χ1) is 10.0. The molecule has 0 atom stereocenters.